The minimum absolute atomic E-state index is 0.271. The summed E-state index contributed by atoms with van der Waals surface area (Å²) < 4.78 is 7.17. The first-order chi connectivity index (χ1) is 17.5. The van der Waals surface area contributed by atoms with Gasteiger partial charge in [-0.15, -0.1) is 10.2 Å². The van der Waals surface area contributed by atoms with Crippen LogP contribution in [0.5, 0.6) is 0 Å². The predicted octanol–water partition coefficient (Wildman–Crippen LogP) is 5.50. The molecule has 3 heterocycles. The standard InChI is InChI=1S/C27H19N5O3S/c1-15-12-20(25-31-32-16(2)29-30-27(32)36-25)10-11-22(15)28-24(33)19-8-5-7-17(13-19)21-14-18-6-3-4-9-23(18)35-26(21)34/h3-14H,1-2H3,(H,28,33). The summed E-state index contributed by atoms with van der Waals surface area (Å²) in [7, 11) is 0. The molecule has 0 radical (unpaired) electrons. The minimum Gasteiger partial charge on any atom is -0.422 e. The Morgan fingerprint density at radius 1 is 0.944 bits per heavy atom. The maximum atomic E-state index is 13.1. The normalized spacial score (nSPS) is 11.3. The Morgan fingerprint density at radius 3 is 2.64 bits per heavy atom. The van der Waals surface area contributed by atoms with E-state index in [0.29, 0.717) is 28.0 Å². The average molecular weight is 494 g/mol. The Morgan fingerprint density at radius 2 is 1.81 bits per heavy atom. The molecule has 3 aromatic carbocycles. The van der Waals surface area contributed by atoms with Crippen LogP contribution in [0.3, 0.4) is 0 Å². The van der Waals surface area contributed by atoms with Gasteiger partial charge in [0.05, 0.1) is 5.56 Å². The summed E-state index contributed by atoms with van der Waals surface area (Å²) in [5.41, 5.74) is 4.07. The second-order valence-electron chi connectivity index (χ2n) is 8.40. The molecule has 0 saturated carbocycles. The SMILES string of the molecule is Cc1cc(-c2nn3c(C)nnc3s2)ccc1NC(=O)c1cccc(-c2cc3ccccc3oc2=O)c1. The summed E-state index contributed by atoms with van der Waals surface area (Å²) in [4.78, 5) is 26.4. The number of para-hydroxylation sites is 1. The van der Waals surface area contributed by atoms with E-state index >= 15 is 0 Å². The second-order valence-corrected chi connectivity index (χ2v) is 9.35. The van der Waals surface area contributed by atoms with E-state index in [-0.39, 0.29) is 5.91 Å². The molecule has 1 N–H and O–H groups in total. The molecule has 176 valence electrons. The number of carbonyl (C=O) groups excluding carboxylic acids is 1. The molecule has 36 heavy (non-hydrogen) atoms. The number of hydrogen-bond acceptors (Lipinski definition) is 7. The van der Waals surface area contributed by atoms with Gasteiger partial charge in [0.1, 0.15) is 10.6 Å². The van der Waals surface area contributed by atoms with Gasteiger partial charge in [-0.2, -0.15) is 9.61 Å². The van der Waals surface area contributed by atoms with Crippen molar-refractivity contribution >= 4 is 38.9 Å². The van der Waals surface area contributed by atoms with Crippen molar-refractivity contribution in [2.75, 3.05) is 5.32 Å². The number of aryl methyl sites for hydroxylation is 2. The number of rotatable bonds is 4. The largest absolute Gasteiger partial charge is 0.422 e. The van der Waals surface area contributed by atoms with E-state index in [1.165, 1.54) is 11.3 Å². The zero-order chi connectivity index (χ0) is 24.8. The van der Waals surface area contributed by atoms with Crippen LogP contribution < -0.4 is 10.9 Å². The van der Waals surface area contributed by atoms with Crippen LogP contribution in [0.1, 0.15) is 21.7 Å². The first kappa shape index (κ1) is 21.9. The van der Waals surface area contributed by atoms with E-state index in [4.69, 9.17) is 4.42 Å². The van der Waals surface area contributed by atoms with Crippen molar-refractivity contribution in [1.82, 2.24) is 19.8 Å². The molecule has 8 nitrogen and oxygen atoms in total. The minimum atomic E-state index is -0.446. The highest BCUT2D eigenvalue weighted by atomic mass is 32.1. The molecule has 1 amide bonds. The van der Waals surface area contributed by atoms with Crippen LogP contribution in [0.4, 0.5) is 5.69 Å². The van der Waals surface area contributed by atoms with Crippen LogP contribution in [0.2, 0.25) is 0 Å². The third kappa shape index (κ3) is 3.85. The lowest BCUT2D eigenvalue weighted by Crippen LogP contribution is -2.13. The molecule has 0 unspecified atom stereocenters. The van der Waals surface area contributed by atoms with Gasteiger partial charge in [0, 0.05) is 22.2 Å². The van der Waals surface area contributed by atoms with Gasteiger partial charge in [0.15, 0.2) is 5.82 Å². The third-order valence-electron chi connectivity index (χ3n) is 5.95. The van der Waals surface area contributed by atoms with E-state index < -0.39 is 5.63 Å². The average Bonchev–Trinajstić information content (AvgIpc) is 3.47. The monoisotopic (exact) mass is 493 g/mol. The Labute approximate surface area is 208 Å². The molecular weight excluding hydrogens is 474 g/mol. The Bertz CT molecular complexity index is 1850. The number of nitrogens with one attached hydrogen (secondary N) is 1. The molecule has 6 aromatic rings. The van der Waals surface area contributed by atoms with Crippen molar-refractivity contribution in [3.8, 4) is 21.7 Å². The first-order valence-corrected chi connectivity index (χ1v) is 12.0. The van der Waals surface area contributed by atoms with Crippen LogP contribution >= 0.6 is 11.3 Å². The quantitative estimate of drug-likeness (QED) is 0.326. The first-order valence-electron chi connectivity index (χ1n) is 11.2. The predicted molar refractivity (Wildman–Crippen MR) is 139 cm³/mol. The Balaban J connectivity index is 1.27. The van der Waals surface area contributed by atoms with Crippen molar-refractivity contribution in [3.63, 3.8) is 0 Å². The highest BCUT2D eigenvalue weighted by Gasteiger charge is 2.14. The zero-order valence-electron chi connectivity index (χ0n) is 19.4. The van der Waals surface area contributed by atoms with Gasteiger partial charge in [0.25, 0.3) is 5.91 Å². The molecule has 0 saturated heterocycles. The van der Waals surface area contributed by atoms with Crippen LogP contribution in [-0.2, 0) is 0 Å². The molecule has 6 rings (SSSR count). The molecule has 0 aliphatic carbocycles. The second kappa shape index (κ2) is 8.54. The summed E-state index contributed by atoms with van der Waals surface area (Å²) in [6.45, 7) is 3.79. The lowest BCUT2D eigenvalue weighted by Gasteiger charge is -2.10. The fourth-order valence-electron chi connectivity index (χ4n) is 4.05. The van der Waals surface area contributed by atoms with Gasteiger partial charge in [0.2, 0.25) is 4.96 Å². The van der Waals surface area contributed by atoms with Gasteiger partial charge in [-0.3, -0.25) is 4.79 Å². The number of nitrogens with zero attached hydrogens (tertiary/aromatic N) is 4. The van der Waals surface area contributed by atoms with E-state index in [0.717, 1.165) is 32.3 Å². The van der Waals surface area contributed by atoms with Crippen LogP contribution in [0.15, 0.2) is 82.0 Å². The molecule has 3 aromatic heterocycles. The number of aromatic nitrogens is 4. The Hall–Kier alpha value is -4.63. The molecule has 9 heteroatoms. The highest BCUT2D eigenvalue weighted by Crippen LogP contribution is 2.29. The highest BCUT2D eigenvalue weighted by molar-refractivity contribution is 7.19. The van der Waals surface area contributed by atoms with Crippen LogP contribution in [-0.4, -0.2) is 25.7 Å². The van der Waals surface area contributed by atoms with E-state index in [1.807, 2.05) is 50.2 Å². The van der Waals surface area contributed by atoms with E-state index in [9.17, 15) is 9.59 Å². The maximum Gasteiger partial charge on any atom is 0.344 e. The molecule has 0 fully saturated rings. The topological polar surface area (TPSA) is 102 Å². The molecule has 0 aliphatic rings. The summed E-state index contributed by atoms with van der Waals surface area (Å²) in [6, 6.07) is 21.8. The number of anilines is 1. The van der Waals surface area contributed by atoms with Gasteiger partial charge < -0.3 is 9.73 Å². The molecular formula is C27H19N5O3S. The summed E-state index contributed by atoms with van der Waals surface area (Å²) in [5, 5.41) is 17.3. The molecule has 0 atom stereocenters. The van der Waals surface area contributed by atoms with Crippen molar-refractivity contribution in [3.05, 3.63) is 100 Å². The van der Waals surface area contributed by atoms with Crippen molar-refractivity contribution in [1.29, 1.82) is 0 Å². The van der Waals surface area contributed by atoms with Crippen molar-refractivity contribution < 1.29 is 9.21 Å². The molecule has 0 aliphatic heterocycles. The maximum absolute atomic E-state index is 13.1. The lowest BCUT2D eigenvalue weighted by atomic mass is 10.0. The summed E-state index contributed by atoms with van der Waals surface area (Å²) in [6.07, 6.45) is 0. The summed E-state index contributed by atoms with van der Waals surface area (Å²) in [5.74, 6) is 0.462. The van der Waals surface area contributed by atoms with Gasteiger partial charge in [-0.05, 0) is 67.4 Å². The summed E-state index contributed by atoms with van der Waals surface area (Å²) >= 11 is 1.46. The molecule has 0 spiro atoms. The number of amides is 1. The fraction of sp³-hybridized carbons (Fsp3) is 0.0741. The number of carbonyl (C=O) groups is 1. The van der Waals surface area contributed by atoms with E-state index in [1.54, 1.807) is 40.9 Å². The number of benzene rings is 3. The van der Waals surface area contributed by atoms with Gasteiger partial charge in [-0.25, -0.2) is 4.79 Å². The lowest BCUT2D eigenvalue weighted by molar-refractivity contribution is 0.102. The third-order valence-corrected chi connectivity index (χ3v) is 6.89. The van der Waals surface area contributed by atoms with E-state index in [2.05, 4.69) is 20.6 Å². The molecule has 0 bridgehead atoms. The number of fused-ring (bicyclic) bond motifs is 2. The van der Waals surface area contributed by atoms with Crippen molar-refractivity contribution in [2.24, 2.45) is 0 Å². The zero-order valence-corrected chi connectivity index (χ0v) is 20.2. The van der Waals surface area contributed by atoms with Gasteiger partial charge in [-0.1, -0.05) is 41.7 Å². The van der Waals surface area contributed by atoms with Gasteiger partial charge >= 0.3 is 5.63 Å². The number of hydrogen-bond donors (Lipinski definition) is 1. The van der Waals surface area contributed by atoms with Crippen molar-refractivity contribution in [2.45, 2.75) is 13.8 Å². The Kier molecular flexibility index (Phi) is 5.19. The fourth-order valence-corrected chi connectivity index (χ4v) is 4.94. The smallest absolute Gasteiger partial charge is 0.344 e. The van der Waals surface area contributed by atoms with Crippen LogP contribution in [0, 0.1) is 13.8 Å². The van der Waals surface area contributed by atoms with Crippen LogP contribution in [0.25, 0.3) is 37.6 Å².